The smallest absolute Gasteiger partial charge is 0.156 e. The Labute approximate surface area is 133 Å². The fraction of sp³-hybridized carbons (Fsp3) is 0.375. The molecule has 1 aliphatic rings. The van der Waals surface area contributed by atoms with E-state index in [0.29, 0.717) is 22.8 Å². The number of nitrogen functional groups attached to an aromatic ring is 1. The second kappa shape index (κ2) is 6.12. The number of aromatic nitrogens is 2. The third-order valence-electron chi connectivity index (χ3n) is 3.78. The molecule has 1 aromatic heterocycles. The molecule has 0 atom stereocenters. The highest BCUT2D eigenvalue weighted by molar-refractivity contribution is 7.99. The number of hydrogen-bond donors (Lipinski definition) is 1. The highest BCUT2D eigenvalue weighted by Crippen LogP contribution is 2.32. The van der Waals surface area contributed by atoms with Crippen molar-refractivity contribution in [3.05, 3.63) is 35.4 Å². The summed E-state index contributed by atoms with van der Waals surface area (Å²) < 4.78 is 13.5. The molecule has 2 heterocycles. The normalized spacial score (nSPS) is 15.1. The largest absolute Gasteiger partial charge is 0.394 e. The first kappa shape index (κ1) is 15.1. The third-order valence-corrected chi connectivity index (χ3v) is 4.72. The molecule has 6 heteroatoms. The first-order valence-electron chi connectivity index (χ1n) is 7.29. The molecule has 2 aromatic rings. The first-order valence-corrected chi connectivity index (χ1v) is 8.45. The molecule has 1 aromatic carbocycles. The summed E-state index contributed by atoms with van der Waals surface area (Å²) in [4.78, 5) is 11.2. The summed E-state index contributed by atoms with van der Waals surface area (Å²) in [5, 5.41) is 0. The van der Waals surface area contributed by atoms with E-state index < -0.39 is 0 Å². The molecular formula is C16H19FN4S. The topological polar surface area (TPSA) is 55.0 Å². The minimum Gasteiger partial charge on any atom is -0.394 e. The number of aryl methyl sites for hydroxylation is 2. The number of rotatable bonds is 2. The summed E-state index contributed by atoms with van der Waals surface area (Å²) in [5.74, 6) is 3.41. The van der Waals surface area contributed by atoms with E-state index in [9.17, 15) is 4.39 Å². The van der Waals surface area contributed by atoms with Crippen LogP contribution < -0.4 is 10.6 Å². The van der Waals surface area contributed by atoms with E-state index >= 15 is 0 Å². The second-order valence-corrected chi connectivity index (χ2v) is 6.64. The summed E-state index contributed by atoms with van der Waals surface area (Å²) in [6.07, 6.45) is 0. The lowest BCUT2D eigenvalue weighted by Gasteiger charge is -2.29. The van der Waals surface area contributed by atoms with Crippen LogP contribution >= 0.6 is 11.8 Å². The van der Waals surface area contributed by atoms with Gasteiger partial charge in [-0.1, -0.05) is 0 Å². The summed E-state index contributed by atoms with van der Waals surface area (Å²) in [6, 6.07) is 4.96. The maximum atomic E-state index is 13.5. The summed E-state index contributed by atoms with van der Waals surface area (Å²) in [7, 11) is 0. The average molecular weight is 318 g/mol. The van der Waals surface area contributed by atoms with Gasteiger partial charge in [0.15, 0.2) is 5.82 Å². The van der Waals surface area contributed by atoms with Gasteiger partial charge in [0, 0.05) is 30.2 Å². The molecule has 0 unspecified atom stereocenters. The Morgan fingerprint density at radius 1 is 1.18 bits per heavy atom. The number of hydrogen-bond acceptors (Lipinski definition) is 5. The molecule has 22 heavy (non-hydrogen) atoms. The molecule has 2 N–H and O–H groups in total. The van der Waals surface area contributed by atoms with E-state index in [1.807, 2.05) is 18.7 Å². The van der Waals surface area contributed by atoms with Crippen LogP contribution in [0.2, 0.25) is 0 Å². The number of benzene rings is 1. The predicted octanol–water partition coefficient (Wildman–Crippen LogP) is 3.03. The first-order chi connectivity index (χ1) is 10.6. The molecule has 0 spiro atoms. The van der Waals surface area contributed by atoms with Crippen LogP contribution in [0.5, 0.6) is 0 Å². The molecule has 1 aliphatic heterocycles. The van der Waals surface area contributed by atoms with Gasteiger partial charge >= 0.3 is 0 Å². The van der Waals surface area contributed by atoms with Crippen molar-refractivity contribution in [2.24, 2.45) is 0 Å². The highest BCUT2D eigenvalue weighted by Gasteiger charge is 2.19. The Morgan fingerprint density at radius 3 is 2.59 bits per heavy atom. The van der Waals surface area contributed by atoms with Crippen LogP contribution in [0.3, 0.4) is 0 Å². The molecule has 4 nitrogen and oxygen atoms in total. The summed E-state index contributed by atoms with van der Waals surface area (Å²) in [5.41, 5.74) is 9.01. The highest BCUT2D eigenvalue weighted by atomic mass is 32.2. The Bertz CT molecular complexity index is 699. The maximum Gasteiger partial charge on any atom is 0.156 e. The van der Waals surface area contributed by atoms with Gasteiger partial charge in [0.1, 0.15) is 17.3 Å². The quantitative estimate of drug-likeness (QED) is 0.922. The lowest BCUT2D eigenvalue weighted by atomic mass is 10.1. The predicted molar refractivity (Wildman–Crippen MR) is 90.9 cm³/mol. The lowest BCUT2D eigenvalue weighted by molar-refractivity contribution is 0.619. The van der Waals surface area contributed by atoms with Crippen LogP contribution in [0.25, 0.3) is 11.3 Å². The standard InChI is InChI=1S/C16H19FN4S/c1-10-9-12(3-4-13(10)17)15-14(18)16(20-11(2)19-15)21-5-7-22-8-6-21/h3-4,9H,5-8,18H2,1-2H3. The molecule has 0 bridgehead atoms. The zero-order chi connectivity index (χ0) is 15.7. The SMILES string of the molecule is Cc1nc(-c2ccc(F)c(C)c2)c(N)c(N2CCSCC2)n1. The Morgan fingerprint density at radius 2 is 1.91 bits per heavy atom. The van der Waals surface area contributed by atoms with Gasteiger partial charge in [-0.15, -0.1) is 0 Å². The monoisotopic (exact) mass is 318 g/mol. The van der Waals surface area contributed by atoms with Crippen molar-refractivity contribution < 1.29 is 4.39 Å². The van der Waals surface area contributed by atoms with E-state index in [0.717, 1.165) is 36.0 Å². The fourth-order valence-electron chi connectivity index (χ4n) is 2.59. The number of anilines is 2. The van der Waals surface area contributed by atoms with Gasteiger partial charge < -0.3 is 10.6 Å². The van der Waals surface area contributed by atoms with Crippen molar-refractivity contribution in [1.82, 2.24) is 9.97 Å². The molecular weight excluding hydrogens is 299 g/mol. The van der Waals surface area contributed by atoms with Gasteiger partial charge in [-0.25, -0.2) is 14.4 Å². The Balaban J connectivity index is 2.07. The number of nitrogens with two attached hydrogens (primary N) is 1. The third kappa shape index (κ3) is 2.88. The van der Waals surface area contributed by atoms with E-state index in [1.165, 1.54) is 6.07 Å². The van der Waals surface area contributed by atoms with Crippen LogP contribution in [0.4, 0.5) is 15.9 Å². The van der Waals surface area contributed by atoms with Crippen molar-refractivity contribution in [2.75, 3.05) is 35.2 Å². The van der Waals surface area contributed by atoms with Crippen molar-refractivity contribution in [1.29, 1.82) is 0 Å². The maximum absolute atomic E-state index is 13.5. The zero-order valence-electron chi connectivity index (χ0n) is 12.8. The van der Waals surface area contributed by atoms with Crippen molar-refractivity contribution in [3.8, 4) is 11.3 Å². The van der Waals surface area contributed by atoms with E-state index in [1.54, 1.807) is 19.1 Å². The van der Waals surface area contributed by atoms with Crippen LogP contribution in [0, 0.1) is 19.7 Å². The van der Waals surface area contributed by atoms with Crippen LogP contribution in [0.15, 0.2) is 18.2 Å². The molecule has 0 radical (unpaired) electrons. The van der Waals surface area contributed by atoms with Gasteiger partial charge in [-0.2, -0.15) is 11.8 Å². The van der Waals surface area contributed by atoms with Gasteiger partial charge in [0.2, 0.25) is 0 Å². The van der Waals surface area contributed by atoms with Crippen molar-refractivity contribution in [3.63, 3.8) is 0 Å². The average Bonchev–Trinajstić information content (AvgIpc) is 2.53. The second-order valence-electron chi connectivity index (χ2n) is 5.42. The molecule has 1 saturated heterocycles. The van der Waals surface area contributed by atoms with Gasteiger partial charge in [0.05, 0.1) is 5.69 Å². The molecule has 0 amide bonds. The van der Waals surface area contributed by atoms with Gasteiger partial charge in [0.25, 0.3) is 0 Å². The van der Waals surface area contributed by atoms with Gasteiger partial charge in [-0.05, 0) is 37.6 Å². The minimum absolute atomic E-state index is 0.221. The Kier molecular flexibility index (Phi) is 4.20. The Hall–Kier alpha value is -1.82. The zero-order valence-corrected chi connectivity index (χ0v) is 13.6. The van der Waals surface area contributed by atoms with Gasteiger partial charge in [-0.3, -0.25) is 0 Å². The van der Waals surface area contributed by atoms with Crippen molar-refractivity contribution in [2.45, 2.75) is 13.8 Å². The number of nitrogens with zero attached hydrogens (tertiary/aromatic N) is 3. The molecule has 0 saturated carbocycles. The summed E-state index contributed by atoms with van der Waals surface area (Å²) >= 11 is 1.94. The molecule has 1 fully saturated rings. The van der Waals surface area contributed by atoms with E-state index in [-0.39, 0.29) is 5.82 Å². The fourth-order valence-corrected chi connectivity index (χ4v) is 3.50. The van der Waals surface area contributed by atoms with E-state index in [4.69, 9.17) is 5.73 Å². The minimum atomic E-state index is -0.221. The van der Waals surface area contributed by atoms with Crippen molar-refractivity contribution >= 4 is 23.3 Å². The number of thioether (sulfide) groups is 1. The molecule has 3 rings (SSSR count). The number of halogens is 1. The van der Waals surface area contributed by atoms with E-state index in [2.05, 4.69) is 14.9 Å². The molecule has 0 aliphatic carbocycles. The summed E-state index contributed by atoms with van der Waals surface area (Å²) in [6.45, 7) is 5.48. The van der Waals surface area contributed by atoms with Crippen LogP contribution in [-0.2, 0) is 0 Å². The van der Waals surface area contributed by atoms with Crippen LogP contribution in [-0.4, -0.2) is 34.6 Å². The van der Waals surface area contributed by atoms with Crippen LogP contribution in [0.1, 0.15) is 11.4 Å². The molecule has 116 valence electrons. The lowest BCUT2D eigenvalue weighted by Crippen LogP contribution is -2.34.